The molecule has 1 saturated carbocycles. The molecule has 3 aliphatic rings. The van der Waals surface area contributed by atoms with E-state index in [0.717, 1.165) is 11.0 Å². The fourth-order valence-electron chi connectivity index (χ4n) is 6.56. The number of ether oxygens (including phenoxy) is 2. The maximum Gasteiger partial charge on any atom is 0.413 e. The van der Waals surface area contributed by atoms with Crippen molar-refractivity contribution in [2.45, 2.75) is 45.3 Å². The van der Waals surface area contributed by atoms with Gasteiger partial charge in [0.05, 0.1) is 23.6 Å². The number of hydrogen-bond acceptors (Lipinski definition) is 13. The number of primary amides is 1. The van der Waals surface area contributed by atoms with Crippen LogP contribution < -0.4 is 5.73 Å². The van der Waals surface area contributed by atoms with Crippen LogP contribution >= 0.6 is 0 Å². The normalized spacial score (nSPS) is 23.6. The minimum absolute atomic E-state index is 0.00894. The number of nitrogens with zero attached hydrogens (tertiary/aromatic N) is 2. The van der Waals surface area contributed by atoms with E-state index in [4.69, 9.17) is 15.2 Å². The van der Waals surface area contributed by atoms with E-state index >= 15 is 0 Å². The zero-order valence-electron chi connectivity index (χ0n) is 27.2. The van der Waals surface area contributed by atoms with Crippen molar-refractivity contribution in [2.24, 2.45) is 23.0 Å². The number of Topliss-reactive ketones (excluding diaryl/α,β-unsaturated/α-hetero) is 3. The smallest absolute Gasteiger partial charge is 0.413 e. The summed E-state index contributed by atoms with van der Waals surface area (Å²) in [7, 11) is 2.97. The number of esters is 1. The third-order valence-corrected chi connectivity index (χ3v) is 8.83. The Morgan fingerprint density at radius 3 is 2.31 bits per heavy atom. The van der Waals surface area contributed by atoms with Gasteiger partial charge in [-0.05, 0) is 71.3 Å². The molecule has 15 heteroatoms. The molecule has 0 spiro atoms. The second-order valence-corrected chi connectivity index (χ2v) is 13.2. The number of hydrogen-bond donors (Lipinski definition) is 5. The second-order valence-electron chi connectivity index (χ2n) is 13.2. The first-order chi connectivity index (χ1) is 22.3. The van der Waals surface area contributed by atoms with E-state index < -0.39 is 100 Å². The fraction of sp³-hybridized carbons (Fsp3) is 0.455. The number of fused-ring (bicyclic) bond motifs is 3. The number of phenolic OH excluding ortho intramolecular Hbond substituents is 1. The molecule has 4 rings (SSSR count). The number of aromatic hydroxyl groups is 1. The number of carbonyl (C=O) groups is 6. The number of ketones is 3. The number of rotatable bonds is 9. The first-order valence-electron chi connectivity index (χ1n) is 15.0. The van der Waals surface area contributed by atoms with Crippen molar-refractivity contribution >= 4 is 41.1 Å². The van der Waals surface area contributed by atoms with Crippen LogP contribution in [0.5, 0.6) is 5.75 Å². The third kappa shape index (κ3) is 5.94. The summed E-state index contributed by atoms with van der Waals surface area (Å²) < 4.78 is 9.99. The minimum Gasteiger partial charge on any atom is -0.508 e. The Balaban J connectivity index is 1.71. The van der Waals surface area contributed by atoms with E-state index in [0.29, 0.717) is 0 Å². The van der Waals surface area contributed by atoms with Crippen molar-refractivity contribution in [2.75, 3.05) is 34.0 Å². The summed E-state index contributed by atoms with van der Waals surface area (Å²) in [5, 5.41) is 44.9. The lowest BCUT2D eigenvalue weighted by atomic mass is 9.57. The molecular weight excluding hydrogens is 630 g/mol. The number of benzene rings is 1. The molecule has 4 atom stereocenters. The Morgan fingerprint density at radius 1 is 1.10 bits per heavy atom. The number of amides is 2. The van der Waals surface area contributed by atoms with Crippen LogP contribution in [0.4, 0.5) is 4.79 Å². The lowest BCUT2D eigenvalue weighted by molar-refractivity contribution is -0.162. The number of nitrogens with two attached hydrogens (primary N) is 1. The summed E-state index contributed by atoms with van der Waals surface area (Å²) in [6, 6.07) is 1.13. The lowest BCUT2D eigenvalue weighted by Crippen LogP contribution is -2.65. The molecule has 0 aromatic heterocycles. The van der Waals surface area contributed by atoms with Crippen molar-refractivity contribution in [1.82, 2.24) is 9.80 Å². The minimum atomic E-state index is -2.81. The van der Waals surface area contributed by atoms with Crippen LogP contribution in [0.1, 0.15) is 48.7 Å². The predicted molar refractivity (Wildman–Crippen MR) is 167 cm³/mol. The summed E-state index contributed by atoms with van der Waals surface area (Å²) in [5.74, 6) is -9.36. The van der Waals surface area contributed by atoms with Gasteiger partial charge < -0.3 is 35.6 Å². The van der Waals surface area contributed by atoms with Crippen LogP contribution in [0.3, 0.4) is 0 Å². The van der Waals surface area contributed by atoms with E-state index in [2.05, 4.69) is 6.58 Å². The van der Waals surface area contributed by atoms with Crippen LogP contribution in [0, 0.1) is 17.3 Å². The monoisotopic (exact) mass is 669 g/mol. The topological polar surface area (TPSA) is 234 Å². The van der Waals surface area contributed by atoms with Crippen LogP contribution in [0.25, 0.3) is 5.76 Å². The molecule has 1 unspecified atom stereocenters. The summed E-state index contributed by atoms with van der Waals surface area (Å²) >= 11 is 0. The van der Waals surface area contributed by atoms with Gasteiger partial charge in [-0.2, -0.15) is 0 Å². The SMILES string of the molecule is C=CCN(CC(=O)c1ccc(O)c2c1C[C@H]1C[C@H]3C(N(C)C)C(=O)C(C(N)=O)=C(O)[C@@]3(O)C(=O)C1=C2O)C(=O)OCOC(=O)C(C)(C)C. The summed E-state index contributed by atoms with van der Waals surface area (Å²) in [4.78, 5) is 80.3. The van der Waals surface area contributed by atoms with Gasteiger partial charge in [-0.25, -0.2) is 4.79 Å². The second kappa shape index (κ2) is 12.9. The number of aliphatic hydroxyl groups excluding tert-OH is 2. The average Bonchev–Trinajstić information content (AvgIpc) is 2.97. The summed E-state index contributed by atoms with van der Waals surface area (Å²) in [5.41, 5.74) is 0.251. The van der Waals surface area contributed by atoms with E-state index in [1.807, 2.05) is 0 Å². The largest absolute Gasteiger partial charge is 0.508 e. The standard InChI is InChI=1S/C33H39N3O12/c1-7-10-36(31(45)48-14-47-30(44)32(2,3)4)13-20(38)16-8-9-19(37)22-17(16)11-15-12-18-24(35(5)6)26(40)23(29(34)43)28(42)33(18,46)27(41)21(15)25(22)39/h7-9,15,18,24,37,39,42,46H,1,10-14H2,2-6H3,(H2,34,43)/t15-,18-,24?,33-/m0/s1. The molecular formula is C33H39N3O12. The Labute approximate surface area is 275 Å². The predicted octanol–water partition coefficient (Wildman–Crippen LogP) is 1.32. The zero-order chi connectivity index (χ0) is 36.0. The fourth-order valence-corrected chi connectivity index (χ4v) is 6.56. The molecule has 48 heavy (non-hydrogen) atoms. The van der Waals surface area contributed by atoms with Gasteiger partial charge in [-0.15, -0.1) is 6.58 Å². The molecule has 1 aromatic carbocycles. The number of carbonyl (C=O) groups excluding carboxylic acids is 6. The van der Waals surface area contributed by atoms with E-state index in [-0.39, 0.29) is 41.6 Å². The highest BCUT2D eigenvalue weighted by atomic mass is 16.7. The third-order valence-electron chi connectivity index (χ3n) is 8.83. The van der Waals surface area contributed by atoms with Gasteiger partial charge in [0.15, 0.2) is 17.2 Å². The Morgan fingerprint density at radius 2 is 1.75 bits per heavy atom. The first kappa shape index (κ1) is 35.8. The Hall–Kier alpha value is -5.02. The van der Waals surface area contributed by atoms with Crippen LogP contribution in [-0.4, -0.2) is 111 Å². The van der Waals surface area contributed by atoms with Crippen LogP contribution in [0.15, 0.2) is 41.7 Å². The highest BCUT2D eigenvalue weighted by Gasteiger charge is 2.64. The van der Waals surface area contributed by atoms with E-state index in [9.17, 15) is 49.2 Å². The zero-order valence-corrected chi connectivity index (χ0v) is 27.2. The molecule has 0 saturated heterocycles. The summed E-state index contributed by atoms with van der Waals surface area (Å²) in [6.45, 7) is 7.06. The maximum atomic E-state index is 14.0. The van der Waals surface area contributed by atoms with Gasteiger partial charge in [0.2, 0.25) is 12.6 Å². The molecule has 15 nitrogen and oxygen atoms in total. The average molecular weight is 670 g/mol. The van der Waals surface area contributed by atoms with Gasteiger partial charge in [0.25, 0.3) is 5.91 Å². The number of phenols is 1. The molecule has 258 valence electrons. The van der Waals surface area contributed by atoms with E-state index in [1.54, 1.807) is 20.8 Å². The van der Waals surface area contributed by atoms with Crippen molar-refractivity contribution in [3.05, 3.63) is 58.4 Å². The molecule has 0 bridgehead atoms. The Bertz CT molecular complexity index is 1680. The number of likely N-dealkylation sites (N-methyl/N-ethyl adjacent to an activating group) is 1. The van der Waals surface area contributed by atoms with Crippen molar-refractivity contribution in [1.29, 1.82) is 0 Å². The van der Waals surface area contributed by atoms with Crippen LogP contribution in [-0.2, 0) is 35.1 Å². The molecule has 0 radical (unpaired) electrons. The molecule has 0 heterocycles. The molecule has 1 fully saturated rings. The molecule has 6 N–H and O–H groups in total. The summed E-state index contributed by atoms with van der Waals surface area (Å²) in [6.07, 6.45) is 0.0629. The highest BCUT2D eigenvalue weighted by molar-refractivity contribution is 6.24. The Kier molecular flexibility index (Phi) is 9.61. The molecule has 3 aliphatic carbocycles. The van der Waals surface area contributed by atoms with Gasteiger partial charge in [-0.3, -0.25) is 33.8 Å². The van der Waals surface area contributed by atoms with Gasteiger partial charge in [-0.1, -0.05) is 6.08 Å². The molecule has 2 amide bonds. The number of aliphatic hydroxyl groups is 3. The van der Waals surface area contributed by atoms with Gasteiger partial charge >= 0.3 is 12.1 Å². The lowest BCUT2D eigenvalue weighted by Gasteiger charge is -2.50. The maximum absolute atomic E-state index is 14.0. The van der Waals surface area contributed by atoms with Crippen molar-refractivity contribution < 1.29 is 58.7 Å². The first-order valence-corrected chi connectivity index (χ1v) is 15.0. The quantitative estimate of drug-likeness (QED) is 0.0821. The van der Waals surface area contributed by atoms with Crippen LogP contribution in [0.2, 0.25) is 0 Å². The van der Waals surface area contributed by atoms with Gasteiger partial charge in [0.1, 0.15) is 22.8 Å². The van der Waals surface area contributed by atoms with E-state index in [1.165, 1.54) is 31.1 Å². The highest BCUT2D eigenvalue weighted by Crippen LogP contribution is 2.53. The molecule has 0 aliphatic heterocycles. The van der Waals surface area contributed by atoms with Crippen molar-refractivity contribution in [3.8, 4) is 5.75 Å². The van der Waals surface area contributed by atoms with Crippen molar-refractivity contribution in [3.63, 3.8) is 0 Å². The molecule has 1 aromatic rings. The van der Waals surface area contributed by atoms with Gasteiger partial charge in [0, 0.05) is 23.6 Å².